The van der Waals surface area contributed by atoms with Crippen LogP contribution in [0, 0.1) is 5.92 Å². The van der Waals surface area contributed by atoms with Gasteiger partial charge in [-0.2, -0.15) is 0 Å². The van der Waals surface area contributed by atoms with E-state index in [1.54, 1.807) is 11.0 Å². The lowest BCUT2D eigenvalue weighted by atomic mass is 10.1. The number of nitrogens with zero attached hydrogens (tertiary/aromatic N) is 5. The van der Waals surface area contributed by atoms with Crippen LogP contribution in [0.25, 0.3) is 0 Å². The molecule has 2 unspecified atom stereocenters. The molecule has 6 rings (SSSR count). The van der Waals surface area contributed by atoms with E-state index in [4.69, 9.17) is 0 Å². The van der Waals surface area contributed by atoms with E-state index >= 15 is 0 Å². The van der Waals surface area contributed by atoms with Gasteiger partial charge in [-0.3, -0.25) is 19.5 Å². The molecule has 3 fully saturated rings. The Hall–Kier alpha value is -4.61. The molecule has 2 atom stereocenters. The number of para-hydroxylation sites is 1. The van der Waals surface area contributed by atoms with Gasteiger partial charge in [0, 0.05) is 44.3 Å². The first-order valence-corrected chi connectivity index (χ1v) is 13.2. The minimum Gasteiger partial charge on any atom is -0.406 e. The highest BCUT2D eigenvalue weighted by Crippen LogP contribution is 2.56. The fourth-order valence-corrected chi connectivity index (χ4v) is 5.73. The van der Waals surface area contributed by atoms with E-state index in [0.29, 0.717) is 32.6 Å². The molecular weight excluding hydrogens is 539 g/mol. The van der Waals surface area contributed by atoms with Gasteiger partial charge in [-0.25, -0.2) is 9.69 Å². The maximum absolute atomic E-state index is 13.9. The third-order valence-electron chi connectivity index (χ3n) is 7.91. The van der Waals surface area contributed by atoms with Gasteiger partial charge in [0.15, 0.2) is 0 Å². The second kappa shape index (κ2) is 9.79. The average Bonchev–Trinajstić information content (AvgIpc) is 3.58. The van der Waals surface area contributed by atoms with Gasteiger partial charge in [-0.05, 0) is 54.8 Å². The number of hydrogen-bond acceptors (Lipinski definition) is 6. The molecule has 3 heterocycles. The third-order valence-corrected chi connectivity index (χ3v) is 7.91. The Balaban J connectivity index is 1.27. The van der Waals surface area contributed by atoms with Gasteiger partial charge >= 0.3 is 12.4 Å². The average molecular weight is 566 g/mol. The van der Waals surface area contributed by atoms with Crippen LogP contribution in [0.2, 0.25) is 0 Å². The van der Waals surface area contributed by atoms with Crippen LogP contribution in [-0.2, 0) is 4.79 Å². The van der Waals surface area contributed by atoms with Gasteiger partial charge in [-0.15, -0.1) is 13.2 Å². The van der Waals surface area contributed by atoms with Crippen molar-refractivity contribution in [2.24, 2.45) is 5.92 Å². The number of hydrogen-bond donors (Lipinski definition) is 0. The molecule has 2 saturated heterocycles. The standard InChI is InChI=1S/C29H26F3N5O4/c1-19-17-28(19)26(39)36(21-7-9-22(10-8-21)41-29(30,31)32)27(40)37(28)24-11-12-33-18-23(24)25(38)35-15-13-34(14-16-35)20-5-3-2-4-6-20/h2-12,18-19H,13-17H2,1H3. The highest BCUT2D eigenvalue weighted by molar-refractivity contribution is 6.32. The normalized spacial score (nSPS) is 22.5. The van der Waals surface area contributed by atoms with Crippen LogP contribution < -0.4 is 19.4 Å². The lowest BCUT2D eigenvalue weighted by Gasteiger charge is -2.36. The molecule has 212 valence electrons. The number of amides is 4. The quantitative estimate of drug-likeness (QED) is 0.417. The van der Waals surface area contributed by atoms with Crippen LogP contribution in [0.5, 0.6) is 5.75 Å². The SMILES string of the molecule is CC1CC12C(=O)N(c1ccc(OC(F)(F)F)cc1)C(=O)N2c1ccncc1C(=O)N1CCN(c2ccccc2)CC1. The van der Waals surface area contributed by atoms with E-state index in [0.717, 1.165) is 22.7 Å². The second-order valence-corrected chi connectivity index (χ2v) is 10.3. The van der Waals surface area contributed by atoms with Crippen molar-refractivity contribution in [3.05, 3.63) is 78.6 Å². The summed E-state index contributed by atoms with van der Waals surface area (Å²) in [6, 6.07) is 15.3. The maximum atomic E-state index is 13.9. The van der Waals surface area contributed by atoms with E-state index < -0.39 is 29.6 Å². The number of halogens is 3. The van der Waals surface area contributed by atoms with Crippen LogP contribution in [0.3, 0.4) is 0 Å². The molecule has 0 radical (unpaired) electrons. The molecule has 1 spiro atoms. The minimum absolute atomic E-state index is 0.106. The number of aromatic nitrogens is 1. The Morgan fingerprint density at radius 2 is 1.61 bits per heavy atom. The van der Waals surface area contributed by atoms with E-state index in [2.05, 4.69) is 14.6 Å². The molecule has 1 saturated carbocycles. The van der Waals surface area contributed by atoms with Gasteiger partial charge in [0.2, 0.25) is 0 Å². The molecule has 3 aliphatic rings. The van der Waals surface area contributed by atoms with Crippen LogP contribution in [-0.4, -0.2) is 65.8 Å². The molecule has 0 bridgehead atoms. The molecule has 1 aliphatic carbocycles. The van der Waals surface area contributed by atoms with Crippen molar-refractivity contribution in [3.63, 3.8) is 0 Å². The number of rotatable bonds is 5. The zero-order valence-corrected chi connectivity index (χ0v) is 22.0. The Labute approximate surface area is 233 Å². The molecule has 1 aromatic heterocycles. The number of piperazine rings is 1. The number of benzene rings is 2. The maximum Gasteiger partial charge on any atom is 0.573 e. The topological polar surface area (TPSA) is 86.3 Å². The third kappa shape index (κ3) is 4.62. The van der Waals surface area contributed by atoms with Gasteiger partial charge in [-0.1, -0.05) is 25.1 Å². The Morgan fingerprint density at radius 3 is 2.22 bits per heavy atom. The van der Waals surface area contributed by atoms with E-state index in [1.807, 2.05) is 37.3 Å². The smallest absolute Gasteiger partial charge is 0.406 e. The Kier molecular flexibility index (Phi) is 6.35. The number of carbonyl (C=O) groups excluding carboxylic acids is 3. The molecular formula is C29H26F3N5O4. The summed E-state index contributed by atoms with van der Waals surface area (Å²) in [5.74, 6) is -1.45. The Bertz CT molecular complexity index is 1490. The molecule has 3 aromatic rings. The largest absolute Gasteiger partial charge is 0.573 e. The summed E-state index contributed by atoms with van der Waals surface area (Å²) in [5.41, 5.74) is 0.467. The summed E-state index contributed by atoms with van der Waals surface area (Å²) in [4.78, 5) is 51.7. The van der Waals surface area contributed by atoms with Gasteiger partial charge in [0.1, 0.15) is 11.3 Å². The van der Waals surface area contributed by atoms with Crippen molar-refractivity contribution < 1.29 is 32.3 Å². The summed E-state index contributed by atoms with van der Waals surface area (Å²) in [7, 11) is 0. The lowest BCUT2D eigenvalue weighted by Crippen LogP contribution is -2.49. The number of anilines is 3. The highest BCUT2D eigenvalue weighted by Gasteiger charge is 2.71. The molecule has 2 aromatic carbocycles. The van der Waals surface area contributed by atoms with Crippen LogP contribution in [0.15, 0.2) is 73.1 Å². The minimum atomic E-state index is -4.87. The summed E-state index contributed by atoms with van der Waals surface area (Å²) >= 11 is 0. The number of imide groups is 1. The van der Waals surface area contributed by atoms with Crippen molar-refractivity contribution >= 4 is 34.9 Å². The zero-order chi connectivity index (χ0) is 28.9. The van der Waals surface area contributed by atoms with E-state index in [9.17, 15) is 27.6 Å². The van der Waals surface area contributed by atoms with Crippen LogP contribution >= 0.6 is 0 Å². The number of carbonyl (C=O) groups is 3. The van der Waals surface area contributed by atoms with E-state index in [-0.39, 0.29) is 28.8 Å². The molecule has 0 N–H and O–H groups in total. The predicted molar refractivity (Wildman–Crippen MR) is 144 cm³/mol. The lowest BCUT2D eigenvalue weighted by molar-refractivity contribution is -0.274. The van der Waals surface area contributed by atoms with Crippen molar-refractivity contribution in [3.8, 4) is 5.75 Å². The second-order valence-electron chi connectivity index (χ2n) is 10.3. The van der Waals surface area contributed by atoms with Gasteiger partial charge in [0.25, 0.3) is 11.8 Å². The molecule has 2 aliphatic heterocycles. The molecule has 41 heavy (non-hydrogen) atoms. The van der Waals surface area contributed by atoms with Crippen molar-refractivity contribution in [2.45, 2.75) is 25.2 Å². The first kappa shape index (κ1) is 26.6. The van der Waals surface area contributed by atoms with E-state index in [1.165, 1.54) is 29.4 Å². The monoisotopic (exact) mass is 565 g/mol. The number of pyridine rings is 1. The molecule has 4 amide bonds. The molecule has 9 nitrogen and oxygen atoms in total. The molecule has 12 heteroatoms. The van der Waals surface area contributed by atoms with Gasteiger partial charge < -0.3 is 14.5 Å². The fraction of sp³-hybridized carbons (Fsp3) is 0.310. The Morgan fingerprint density at radius 1 is 0.951 bits per heavy atom. The first-order valence-electron chi connectivity index (χ1n) is 13.2. The van der Waals surface area contributed by atoms with Crippen LogP contribution in [0.1, 0.15) is 23.7 Å². The predicted octanol–water partition coefficient (Wildman–Crippen LogP) is 4.69. The van der Waals surface area contributed by atoms with Crippen molar-refractivity contribution in [1.29, 1.82) is 0 Å². The summed E-state index contributed by atoms with van der Waals surface area (Å²) in [6.45, 7) is 4.04. The highest BCUT2D eigenvalue weighted by atomic mass is 19.4. The summed E-state index contributed by atoms with van der Waals surface area (Å²) < 4.78 is 41.7. The number of ether oxygens (including phenoxy) is 1. The number of alkyl halides is 3. The summed E-state index contributed by atoms with van der Waals surface area (Å²) in [5, 5.41) is 0. The zero-order valence-electron chi connectivity index (χ0n) is 22.0. The van der Waals surface area contributed by atoms with Crippen molar-refractivity contribution in [2.75, 3.05) is 40.9 Å². The van der Waals surface area contributed by atoms with Crippen LogP contribution in [0.4, 0.5) is 35.0 Å². The first-order chi connectivity index (χ1) is 19.6. The van der Waals surface area contributed by atoms with Gasteiger partial charge in [0.05, 0.1) is 16.9 Å². The summed E-state index contributed by atoms with van der Waals surface area (Å²) in [6.07, 6.45) is -1.62. The number of urea groups is 1. The fourth-order valence-electron chi connectivity index (χ4n) is 5.73. The van der Waals surface area contributed by atoms with Crippen molar-refractivity contribution in [1.82, 2.24) is 9.88 Å².